The number of benzene rings is 1. The van der Waals surface area contributed by atoms with Crippen molar-refractivity contribution in [2.75, 3.05) is 18.0 Å². The third kappa shape index (κ3) is 1.61. The van der Waals surface area contributed by atoms with E-state index >= 15 is 0 Å². The average Bonchev–Trinajstić information content (AvgIpc) is 2.95. The molecule has 2 N–H and O–H groups in total. The van der Waals surface area contributed by atoms with E-state index in [-0.39, 0.29) is 11.9 Å². The van der Waals surface area contributed by atoms with Crippen LogP contribution < -0.4 is 10.6 Å². The molecule has 2 aliphatic rings. The van der Waals surface area contributed by atoms with Gasteiger partial charge >= 0.3 is 0 Å². The maximum absolute atomic E-state index is 13.1. The Bertz CT molecular complexity index is 387. The Morgan fingerprint density at radius 2 is 2.20 bits per heavy atom. The van der Waals surface area contributed by atoms with Crippen LogP contribution in [0.15, 0.2) is 18.2 Å². The van der Waals surface area contributed by atoms with Crippen LogP contribution in [0.25, 0.3) is 0 Å². The lowest BCUT2D eigenvalue weighted by atomic mass is 10.1. The third-order valence-electron chi connectivity index (χ3n) is 3.32. The van der Waals surface area contributed by atoms with Crippen molar-refractivity contribution < 1.29 is 4.39 Å². The van der Waals surface area contributed by atoms with Crippen molar-refractivity contribution >= 4 is 5.69 Å². The molecule has 3 heteroatoms. The topological polar surface area (TPSA) is 29.3 Å². The van der Waals surface area contributed by atoms with Gasteiger partial charge in [0.1, 0.15) is 5.82 Å². The minimum Gasteiger partial charge on any atom is -0.369 e. The van der Waals surface area contributed by atoms with E-state index in [1.807, 2.05) is 6.07 Å². The second kappa shape index (κ2) is 3.20. The number of nitrogens with two attached hydrogens (primary N) is 1. The van der Waals surface area contributed by atoms with Crippen LogP contribution in [-0.4, -0.2) is 13.1 Å². The lowest BCUT2D eigenvalue weighted by Crippen LogP contribution is -2.26. The molecule has 3 rings (SSSR count). The first kappa shape index (κ1) is 9.16. The monoisotopic (exact) mass is 206 g/mol. The van der Waals surface area contributed by atoms with Gasteiger partial charge in [0.25, 0.3) is 0 Å². The number of hydrogen-bond acceptors (Lipinski definition) is 2. The fraction of sp³-hybridized carbons (Fsp3) is 0.500. The van der Waals surface area contributed by atoms with Crippen molar-refractivity contribution in [1.29, 1.82) is 0 Å². The maximum Gasteiger partial charge on any atom is 0.123 e. The fourth-order valence-corrected chi connectivity index (χ4v) is 2.33. The van der Waals surface area contributed by atoms with Crippen molar-refractivity contribution in [1.82, 2.24) is 0 Å². The van der Waals surface area contributed by atoms with Crippen molar-refractivity contribution in [3.63, 3.8) is 0 Å². The van der Waals surface area contributed by atoms with Crippen LogP contribution in [0.5, 0.6) is 0 Å². The predicted molar refractivity (Wildman–Crippen MR) is 58.3 cm³/mol. The lowest BCUT2D eigenvalue weighted by Gasteiger charge is -2.18. The largest absolute Gasteiger partial charge is 0.369 e. The molecular formula is C12H15FN2. The second-order valence-electron chi connectivity index (χ2n) is 4.66. The van der Waals surface area contributed by atoms with Gasteiger partial charge < -0.3 is 10.6 Å². The normalized spacial score (nSPS) is 24.4. The highest BCUT2D eigenvalue weighted by atomic mass is 19.1. The van der Waals surface area contributed by atoms with Crippen LogP contribution in [0, 0.1) is 11.7 Å². The molecule has 1 aromatic carbocycles. The summed E-state index contributed by atoms with van der Waals surface area (Å²) >= 11 is 0. The molecule has 1 unspecified atom stereocenters. The SMILES string of the molecule is NC1CN(CC2CC2)c2ccc(F)cc21. The maximum atomic E-state index is 13.1. The number of rotatable bonds is 2. The van der Waals surface area contributed by atoms with Gasteiger partial charge in [-0.1, -0.05) is 0 Å². The van der Waals surface area contributed by atoms with E-state index in [2.05, 4.69) is 4.90 Å². The molecular weight excluding hydrogens is 191 g/mol. The molecule has 0 bridgehead atoms. The highest BCUT2D eigenvalue weighted by Crippen LogP contribution is 2.38. The Labute approximate surface area is 88.9 Å². The minimum absolute atomic E-state index is 0.0190. The number of hydrogen-bond donors (Lipinski definition) is 1. The molecule has 1 fully saturated rings. The zero-order valence-corrected chi connectivity index (χ0v) is 8.62. The Hall–Kier alpha value is -1.09. The standard InChI is InChI=1S/C12H15FN2/c13-9-3-4-12-10(5-9)11(14)7-15(12)6-8-1-2-8/h3-5,8,11H,1-2,6-7,14H2. The molecule has 0 radical (unpaired) electrons. The number of nitrogens with zero attached hydrogens (tertiary/aromatic N) is 1. The molecule has 15 heavy (non-hydrogen) atoms. The number of anilines is 1. The van der Waals surface area contributed by atoms with Gasteiger partial charge in [-0.15, -0.1) is 0 Å². The Kier molecular flexibility index (Phi) is 1.96. The van der Waals surface area contributed by atoms with Crippen LogP contribution in [0.2, 0.25) is 0 Å². The molecule has 0 aromatic heterocycles. The highest BCUT2D eigenvalue weighted by Gasteiger charge is 2.31. The zero-order chi connectivity index (χ0) is 10.4. The molecule has 0 spiro atoms. The molecule has 0 amide bonds. The van der Waals surface area contributed by atoms with Gasteiger partial charge in [-0.3, -0.25) is 0 Å². The fourth-order valence-electron chi connectivity index (χ4n) is 2.33. The molecule has 1 aliphatic carbocycles. The van der Waals surface area contributed by atoms with Crippen molar-refractivity contribution in [3.05, 3.63) is 29.6 Å². The zero-order valence-electron chi connectivity index (χ0n) is 8.62. The summed E-state index contributed by atoms with van der Waals surface area (Å²) in [5.74, 6) is 0.658. The summed E-state index contributed by atoms with van der Waals surface area (Å²) in [5, 5.41) is 0. The average molecular weight is 206 g/mol. The molecule has 1 aliphatic heterocycles. The highest BCUT2D eigenvalue weighted by molar-refractivity contribution is 5.60. The van der Waals surface area contributed by atoms with Gasteiger partial charge in [0.05, 0.1) is 0 Å². The summed E-state index contributed by atoms with van der Waals surface area (Å²) in [4.78, 5) is 2.30. The second-order valence-corrected chi connectivity index (χ2v) is 4.66. The van der Waals surface area contributed by atoms with Crippen LogP contribution >= 0.6 is 0 Å². The van der Waals surface area contributed by atoms with Crippen LogP contribution in [0.3, 0.4) is 0 Å². The van der Waals surface area contributed by atoms with Crippen molar-refractivity contribution in [3.8, 4) is 0 Å². The summed E-state index contributed by atoms with van der Waals surface area (Å²) < 4.78 is 13.1. The van der Waals surface area contributed by atoms with Crippen LogP contribution in [0.1, 0.15) is 24.4 Å². The Balaban J connectivity index is 1.90. The summed E-state index contributed by atoms with van der Waals surface area (Å²) in [6.07, 6.45) is 2.67. The van der Waals surface area contributed by atoms with E-state index in [0.717, 1.165) is 30.3 Å². The van der Waals surface area contributed by atoms with Gasteiger partial charge in [-0.2, -0.15) is 0 Å². The van der Waals surface area contributed by atoms with Crippen molar-refractivity contribution in [2.45, 2.75) is 18.9 Å². The summed E-state index contributed by atoms with van der Waals surface area (Å²) in [6.45, 7) is 1.93. The molecule has 1 atom stereocenters. The van der Waals surface area contributed by atoms with Gasteiger partial charge in [0.15, 0.2) is 0 Å². The minimum atomic E-state index is -0.183. The van der Waals surface area contributed by atoms with Crippen molar-refractivity contribution in [2.24, 2.45) is 11.7 Å². The van der Waals surface area contributed by atoms with Gasteiger partial charge in [0, 0.05) is 24.8 Å². The molecule has 1 saturated carbocycles. The molecule has 1 heterocycles. The molecule has 80 valence electrons. The van der Waals surface area contributed by atoms with E-state index in [1.54, 1.807) is 6.07 Å². The molecule has 1 aromatic rings. The van der Waals surface area contributed by atoms with E-state index in [1.165, 1.54) is 18.9 Å². The first-order chi connectivity index (χ1) is 7.24. The smallest absolute Gasteiger partial charge is 0.123 e. The van der Waals surface area contributed by atoms with Crippen LogP contribution in [-0.2, 0) is 0 Å². The quantitative estimate of drug-likeness (QED) is 0.802. The number of halogens is 1. The summed E-state index contributed by atoms with van der Waals surface area (Å²) in [6, 6.07) is 4.94. The third-order valence-corrected chi connectivity index (χ3v) is 3.32. The van der Waals surface area contributed by atoms with Gasteiger partial charge in [-0.05, 0) is 42.5 Å². The van der Waals surface area contributed by atoms with E-state index in [9.17, 15) is 4.39 Å². The van der Waals surface area contributed by atoms with E-state index in [0.29, 0.717) is 0 Å². The Morgan fingerprint density at radius 1 is 1.40 bits per heavy atom. The van der Waals surface area contributed by atoms with Crippen LogP contribution in [0.4, 0.5) is 10.1 Å². The first-order valence-electron chi connectivity index (χ1n) is 5.54. The first-order valence-corrected chi connectivity index (χ1v) is 5.54. The van der Waals surface area contributed by atoms with Gasteiger partial charge in [-0.25, -0.2) is 4.39 Å². The summed E-state index contributed by atoms with van der Waals surface area (Å²) in [7, 11) is 0. The molecule has 2 nitrogen and oxygen atoms in total. The summed E-state index contributed by atoms with van der Waals surface area (Å²) in [5.41, 5.74) is 8.10. The predicted octanol–water partition coefficient (Wildman–Crippen LogP) is 2.06. The van der Waals surface area contributed by atoms with Gasteiger partial charge in [0.2, 0.25) is 0 Å². The number of fused-ring (bicyclic) bond motifs is 1. The lowest BCUT2D eigenvalue weighted by molar-refractivity contribution is 0.623. The molecule has 0 saturated heterocycles. The van der Waals surface area contributed by atoms with E-state index < -0.39 is 0 Å². The Morgan fingerprint density at radius 3 is 2.93 bits per heavy atom. The van der Waals surface area contributed by atoms with E-state index in [4.69, 9.17) is 5.73 Å².